The van der Waals surface area contributed by atoms with Crippen LogP contribution in [0.15, 0.2) is 0 Å². The van der Waals surface area contributed by atoms with E-state index in [1.165, 1.54) is 0 Å². The Balaban J connectivity index is 2.57. The minimum absolute atomic E-state index is 1.17. The first-order chi connectivity index (χ1) is 8.29. The molecule has 0 bridgehead atoms. The van der Waals surface area contributed by atoms with Crippen LogP contribution in [0.3, 0.4) is 0 Å². The molecule has 1 saturated carbocycles. The van der Waals surface area contributed by atoms with Crippen molar-refractivity contribution in [1.82, 2.24) is 0 Å². The highest BCUT2D eigenvalue weighted by Gasteiger charge is 2.58. The van der Waals surface area contributed by atoms with E-state index in [2.05, 4.69) is 0 Å². The van der Waals surface area contributed by atoms with Crippen molar-refractivity contribution < 1.29 is 31.9 Å². The minimum atomic E-state index is -2.28. The molecule has 1 N–H and O–H groups in total. The number of hydrogen-bond acceptors (Lipinski definition) is 1. The van der Waals surface area contributed by atoms with Gasteiger partial charge in [0, 0.05) is 11.5 Å². The van der Waals surface area contributed by atoms with E-state index >= 15 is 0 Å². The molecular formula is C10H4ClF5O2. The van der Waals surface area contributed by atoms with Gasteiger partial charge in [-0.15, -0.1) is 11.6 Å². The van der Waals surface area contributed by atoms with Crippen LogP contribution in [-0.2, 0) is 4.79 Å². The van der Waals surface area contributed by atoms with E-state index in [1.807, 2.05) is 0 Å². The van der Waals surface area contributed by atoms with Gasteiger partial charge in [-0.25, -0.2) is 22.0 Å². The van der Waals surface area contributed by atoms with Crippen molar-refractivity contribution in [3.8, 4) is 0 Å². The molecule has 3 atom stereocenters. The van der Waals surface area contributed by atoms with Gasteiger partial charge in [-0.1, -0.05) is 0 Å². The van der Waals surface area contributed by atoms with E-state index in [-0.39, 0.29) is 0 Å². The van der Waals surface area contributed by atoms with E-state index < -0.39 is 57.8 Å². The van der Waals surface area contributed by atoms with Crippen molar-refractivity contribution in [3.05, 3.63) is 34.6 Å². The predicted octanol–water partition coefficient (Wildman–Crippen LogP) is 2.79. The van der Waals surface area contributed by atoms with Crippen LogP contribution in [0.25, 0.3) is 0 Å². The summed E-state index contributed by atoms with van der Waals surface area (Å²) in [5, 5.41) is 7.44. The zero-order valence-corrected chi connectivity index (χ0v) is 9.11. The molecule has 8 heteroatoms. The number of carboxylic acid groups (broad SMARTS) is 1. The molecule has 3 unspecified atom stereocenters. The maximum Gasteiger partial charge on any atom is 0.308 e. The average molecular weight is 287 g/mol. The molecule has 0 saturated heterocycles. The predicted molar refractivity (Wildman–Crippen MR) is 49.7 cm³/mol. The van der Waals surface area contributed by atoms with Crippen LogP contribution >= 0.6 is 11.6 Å². The molecule has 1 aromatic rings. The van der Waals surface area contributed by atoms with Gasteiger partial charge in [-0.2, -0.15) is 0 Å². The fraction of sp³-hybridized carbons (Fsp3) is 0.300. The standard InChI is InChI=1S/C10H4ClF5O2/c11-4-1(2(4)10(17)18)3-5(12)7(14)9(16)8(15)6(3)13/h1-2,4H,(H,17,18). The van der Waals surface area contributed by atoms with Crippen molar-refractivity contribution in [2.24, 2.45) is 5.92 Å². The van der Waals surface area contributed by atoms with Crippen molar-refractivity contribution in [1.29, 1.82) is 0 Å². The second kappa shape index (κ2) is 4.08. The van der Waals surface area contributed by atoms with Gasteiger partial charge in [0.15, 0.2) is 23.3 Å². The van der Waals surface area contributed by atoms with E-state index in [1.54, 1.807) is 0 Å². The van der Waals surface area contributed by atoms with Crippen LogP contribution in [0.2, 0.25) is 0 Å². The molecule has 1 aromatic carbocycles. The quantitative estimate of drug-likeness (QED) is 0.393. The number of halogens is 6. The van der Waals surface area contributed by atoms with Gasteiger partial charge < -0.3 is 5.11 Å². The van der Waals surface area contributed by atoms with Crippen LogP contribution in [0.5, 0.6) is 0 Å². The Kier molecular flexibility index (Phi) is 2.96. The summed E-state index contributed by atoms with van der Waals surface area (Å²) in [6.45, 7) is 0. The van der Waals surface area contributed by atoms with E-state index in [0.29, 0.717) is 0 Å². The Morgan fingerprint density at radius 2 is 1.33 bits per heavy atom. The first kappa shape index (κ1) is 13.1. The van der Waals surface area contributed by atoms with Crippen LogP contribution in [0, 0.1) is 35.0 Å². The number of benzene rings is 1. The molecule has 1 aliphatic rings. The number of rotatable bonds is 2. The van der Waals surface area contributed by atoms with Gasteiger partial charge in [-0.05, 0) is 0 Å². The smallest absolute Gasteiger partial charge is 0.308 e. The lowest BCUT2D eigenvalue weighted by molar-refractivity contribution is -0.138. The molecule has 98 valence electrons. The second-order valence-corrected chi connectivity index (χ2v) is 4.32. The summed E-state index contributed by atoms with van der Waals surface area (Å²) in [6.07, 6.45) is 0. The summed E-state index contributed by atoms with van der Waals surface area (Å²) in [5.41, 5.74) is -1.17. The first-order valence-electron chi connectivity index (χ1n) is 4.67. The molecule has 2 rings (SSSR count). The Morgan fingerprint density at radius 1 is 0.944 bits per heavy atom. The number of carbonyl (C=O) groups is 1. The van der Waals surface area contributed by atoms with Gasteiger partial charge >= 0.3 is 5.97 Å². The highest BCUT2D eigenvalue weighted by Crippen LogP contribution is 2.53. The lowest BCUT2D eigenvalue weighted by atomic mass is 10.1. The number of carboxylic acids is 1. The molecule has 0 spiro atoms. The van der Waals surface area contributed by atoms with Crippen LogP contribution in [-0.4, -0.2) is 16.5 Å². The summed E-state index contributed by atoms with van der Waals surface area (Å²) in [5.74, 6) is -14.8. The maximum atomic E-state index is 13.3. The Labute approximate surface area is 102 Å². The van der Waals surface area contributed by atoms with E-state index in [9.17, 15) is 26.7 Å². The third kappa shape index (κ3) is 1.65. The molecule has 1 aliphatic carbocycles. The van der Waals surface area contributed by atoms with Crippen molar-refractivity contribution in [2.75, 3.05) is 0 Å². The lowest BCUT2D eigenvalue weighted by Gasteiger charge is -2.07. The van der Waals surface area contributed by atoms with Crippen LogP contribution in [0.1, 0.15) is 11.5 Å². The van der Waals surface area contributed by atoms with Gasteiger partial charge in [0.1, 0.15) is 0 Å². The highest BCUT2D eigenvalue weighted by atomic mass is 35.5. The molecule has 18 heavy (non-hydrogen) atoms. The second-order valence-electron chi connectivity index (χ2n) is 3.82. The molecule has 0 aliphatic heterocycles. The number of aliphatic carboxylic acids is 1. The van der Waals surface area contributed by atoms with Crippen molar-refractivity contribution in [3.63, 3.8) is 0 Å². The molecule has 0 aromatic heterocycles. The lowest BCUT2D eigenvalue weighted by Crippen LogP contribution is -2.08. The molecule has 0 heterocycles. The highest BCUT2D eigenvalue weighted by molar-refractivity contribution is 6.25. The Bertz CT molecular complexity index is 519. The minimum Gasteiger partial charge on any atom is -0.481 e. The topological polar surface area (TPSA) is 37.3 Å². The number of hydrogen-bond donors (Lipinski definition) is 1. The number of alkyl halides is 1. The zero-order chi connectivity index (χ0) is 13.8. The van der Waals surface area contributed by atoms with Gasteiger partial charge in [-0.3, -0.25) is 4.79 Å². The normalized spacial score (nSPS) is 26.2. The largest absolute Gasteiger partial charge is 0.481 e. The SMILES string of the molecule is O=C(O)C1C(Cl)C1c1c(F)c(F)c(F)c(F)c1F. The van der Waals surface area contributed by atoms with Gasteiger partial charge in [0.05, 0.1) is 11.3 Å². The first-order valence-corrected chi connectivity index (χ1v) is 5.10. The fourth-order valence-corrected chi connectivity index (χ4v) is 2.28. The van der Waals surface area contributed by atoms with Crippen LogP contribution < -0.4 is 0 Å². The molecule has 2 nitrogen and oxygen atoms in total. The molecule has 0 radical (unpaired) electrons. The van der Waals surface area contributed by atoms with E-state index in [4.69, 9.17) is 16.7 Å². The molecule has 0 amide bonds. The third-order valence-electron chi connectivity index (χ3n) is 2.79. The Hall–Kier alpha value is -1.37. The summed E-state index contributed by atoms with van der Waals surface area (Å²) < 4.78 is 65.2. The third-order valence-corrected chi connectivity index (χ3v) is 3.34. The summed E-state index contributed by atoms with van der Waals surface area (Å²) in [7, 11) is 0. The summed E-state index contributed by atoms with van der Waals surface area (Å²) in [6, 6.07) is 0. The fourth-order valence-electron chi connectivity index (χ4n) is 1.82. The summed E-state index contributed by atoms with van der Waals surface area (Å²) >= 11 is 5.48. The van der Waals surface area contributed by atoms with Crippen LogP contribution in [0.4, 0.5) is 22.0 Å². The van der Waals surface area contributed by atoms with E-state index in [0.717, 1.165) is 0 Å². The maximum absolute atomic E-state index is 13.3. The summed E-state index contributed by atoms with van der Waals surface area (Å²) in [4.78, 5) is 10.6. The van der Waals surface area contributed by atoms with Crippen molar-refractivity contribution in [2.45, 2.75) is 11.3 Å². The zero-order valence-electron chi connectivity index (χ0n) is 8.36. The van der Waals surface area contributed by atoms with Gasteiger partial charge in [0.25, 0.3) is 0 Å². The van der Waals surface area contributed by atoms with Crippen molar-refractivity contribution >= 4 is 17.6 Å². The molecule has 1 fully saturated rings. The average Bonchev–Trinajstić information content (AvgIpc) is 2.96. The Morgan fingerprint density at radius 3 is 1.67 bits per heavy atom. The monoisotopic (exact) mass is 286 g/mol. The molecular weight excluding hydrogens is 283 g/mol. The van der Waals surface area contributed by atoms with Gasteiger partial charge in [0.2, 0.25) is 5.82 Å².